The van der Waals surface area contributed by atoms with Crippen LogP contribution in [0.5, 0.6) is 0 Å². The quantitative estimate of drug-likeness (QED) is 0.314. The highest BCUT2D eigenvalue weighted by molar-refractivity contribution is 5.93. The largest absolute Gasteiger partial charge is 0.478 e. The summed E-state index contributed by atoms with van der Waals surface area (Å²) < 4.78 is 5.11. The number of nitrogens with one attached hydrogen (secondary N) is 1. The standard InChI is InChI=1S/C17H26N2O7/c1-3-4-10-19(11-9-18-14(20)5-6-15(21)22)12-13(2)26-17(25)8-7-16(23)24/h5-8,13H,3-4,9-12H2,1-2H3,(H,18,20)(H,21,22)(H,23,24)/b6-5+,8-7+. The molecule has 26 heavy (non-hydrogen) atoms. The molecule has 1 atom stereocenters. The molecule has 0 aliphatic carbocycles. The van der Waals surface area contributed by atoms with Gasteiger partial charge in [-0.3, -0.25) is 9.69 Å². The van der Waals surface area contributed by atoms with Crippen LogP contribution in [0.25, 0.3) is 0 Å². The maximum atomic E-state index is 11.5. The first-order chi connectivity index (χ1) is 12.2. The van der Waals surface area contributed by atoms with Crippen molar-refractivity contribution >= 4 is 23.8 Å². The smallest absolute Gasteiger partial charge is 0.331 e. The summed E-state index contributed by atoms with van der Waals surface area (Å²) in [6, 6.07) is 0. The van der Waals surface area contributed by atoms with Gasteiger partial charge < -0.3 is 20.3 Å². The first kappa shape index (κ1) is 23.3. The zero-order valence-corrected chi connectivity index (χ0v) is 15.0. The maximum absolute atomic E-state index is 11.5. The SMILES string of the molecule is CCCCN(CCNC(=O)/C=C/C(=O)O)CC(C)OC(=O)/C=C/C(=O)O. The van der Waals surface area contributed by atoms with Gasteiger partial charge in [0, 0.05) is 43.9 Å². The highest BCUT2D eigenvalue weighted by Crippen LogP contribution is 2.01. The maximum Gasteiger partial charge on any atom is 0.331 e. The summed E-state index contributed by atoms with van der Waals surface area (Å²) in [5.74, 6) is -3.66. The molecule has 0 aliphatic rings. The van der Waals surface area contributed by atoms with Crippen LogP contribution >= 0.6 is 0 Å². The van der Waals surface area contributed by atoms with Crippen molar-refractivity contribution in [2.45, 2.75) is 32.8 Å². The zero-order valence-electron chi connectivity index (χ0n) is 15.0. The molecule has 3 N–H and O–H groups in total. The van der Waals surface area contributed by atoms with Gasteiger partial charge in [0.15, 0.2) is 0 Å². The molecule has 1 unspecified atom stereocenters. The van der Waals surface area contributed by atoms with Crippen LogP contribution in [0.4, 0.5) is 0 Å². The van der Waals surface area contributed by atoms with Gasteiger partial charge in [0.05, 0.1) is 0 Å². The molecule has 0 aromatic rings. The number of carboxylic acid groups (broad SMARTS) is 2. The van der Waals surface area contributed by atoms with Gasteiger partial charge in [0.2, 0.25) is 5.91 Å². The average Bonchev–Trinajstić information content (AvgIpc) is 2.55. The second kappa shape index (κ2) is 13.6. The van der Waals surface area contributed by atoms with Crippen molar-refractivity contribution < 1.29 is 34.1 Å². The van der Waals surface area contributed by atoms with Crippen LogP contribution in [0, 0.1) is 0 Å². The van der Waals surface area contributed by atoms with Gasteiger partial charge in [0.1, 0.15) is 6.10 Å². The van der Waals surface area contributed by atoms with Crippen LogP contribution in [-0.2, 0) is 23.9 Å². The summed E-state index contributed by atoms with van der Waals surface area (Å²) in [7, 11) is 0. The third-order valence-electron chi connectivity index (χ3n) is 3.13. The van der Waals surface area contributed by atoms with Crippen molar-refractivity contribution in [1.29, 1.82) is 0 Å². The van der Waals surface area contributed by atoms with E-state index >= 15 is 0 Å². The molecule has 146 valence electrons. The topological polar surface area (TPSA) is 133 Å². The Hall–Kier alpha value is -2.68. The number of hydrogen-bond donors (Lipinski definition) is 3. The van der Waals surface area contributed by atoms with E-state index in [0.29, 0.717) is 25.7 Å². The minimum Gasteiger partial charge on any atom is -0.478 e. The van der Waals surface area contributed by atoms with Crippen LogP contribution in [0.1, 0.15) is 26.7 Å². The van der Waals surface area contributed by atoms with Gasteiger partial charge in [-0.2, -0.15) is 0 Å². The highest BCUT2D eigenvalue weighted by atomic mass is 16.5. The minimum atomic E-state index is -1.23. The Balaban J connectivity index is 4.41. The Morgan fingerprint density at radius 2 is 1.65 bits per heavy atom. The zero-order chi connectivity index (χ0) is 19.9. The van der Waals surface area contributed by atoms with Gasteiger partial charge in [-0.15, -0.1) is 0 Å². The number of carboxylic acids is 2. The number of carbonyl (C=O) groups excluding carboxylic acids is 2. The van der Waals surface area contributed by atoms with E-state index in [-0.39, 0.29) is 0 Å². The monoisotopic (exact) mass is 370 g/mol. The van der Waals surface area contributed by atoms with Crippen LogP contribution in [0.2, 0.25) is 0 Å². The van der Waals surface area contributed by atoms with Crippen molar-refractivity contribution in [1.82, 2.24) is 10.2 Å². The molecule has 0 aromatic carbocycles. The second-order valence-electron chi connectivity index (χ2n) is 5.54. The van der Waals surface area contributed by atoms with E-state index in [1.807, 2.05) is 11.8 Å². The summed E-state index contributed by atoms with van der Waals surface area (Å²) in [6.45, 7) is 5.71. The lowest BCUT2D eigenvalue weighted by molar-refractivity contribution is -0.143. The number of rotatable bonds is 13. The lowest BCUT2D eigenvalue weighted by Crippen LogP contribution is -2.39. The molecule has 0 radical (unpaired) electrons. The first-order valence-electron chi connectivity index (χ1n) is 8.27. The fraction of sp³-hybridized carbons (Fsp3) is 0.529. The molecular weight excluding hydrogens is 344 g/mol. The fourth-order valence-corrected chi connectivity index (χ4v) is 2.00. The Labute approximate surface area is 152 Å². The third-order valence-corrected chi connectivity index (χ3v) is 3.13. The van der Waals surface area contributed by atoms with Crippen molar-refractivity contribution in [3.05, 3.63) is 24.3 Å². The van der Waals surface area contributed by atoms with Crippen LogP contribution in [0.3, 0.4) is 0 Å². The number of carbonyl (C=O) groups is 4. The molecule has 0 heterocycles. The van der Waals surface area contributed by atoms with E-state index in [9.17, 15) is 19.2 Å². The third kappa shape index (κ3) is 13.7. The fourth-order valence-electron chi connectivity index (χ4n) is 2.00. The van der Waals surface area contributed by atoms with Crippen LogP contribution < -0.4 is 5.32 Å². The lowest BCUT2D eigenvalue weighted by atomic mass is 10.2. The second-order valence-corrected chi connectivity index (χ2v) is 5.54. The Morgan fingerprint density at radius 1 is 1.04 bits per heavy atom. The number of ether oxygens (including phenoxy) is 1. The van der Waals surface area contributed by atoms with Gasteiger partial charge in [-0.05, 0) is 19.9 Å². The first-order valence-corrected chi connectivity index (χ1v) is 8.27. The average molecular weight is 370 g/mol. The molecule has 0 rings (SSSR count). The number of unbranched alkanes of at least 4 members (excludes halogenated alkanes) is 1. The van der Waals surface area contributed by atoms with Gasteiger partial charge in [0.25, 0.3) is 0 Å². The number of esters is 1. The minimum absolute atomic E-state index is 0.312. The summed E-state index contributed by atoms with van der Waals surface area (Å²) in [4.78, 5) is 45.6. The predicted molar refractivity (Wildman–Crippen MR) is 93.5 cm³/mol. The van der Waals surface area contributed by atoms with E-state index in [2.05, 4.69) is 5.32 Å². The lowest BCUT2D eigenvalue weighted by Gasteiger charge is -2.25. The molecule has 0 aliphatic heterocycles. The predicted octanol–water partition coefficient (Wildman–Crippen LogP) is 0.418. The Kier molecular flexibility index (Phi) is 12.2. The summed E-state index contributed by atoms with van der Waals surface area (Å²) in [5.41, 5.74) is 0. The molecule has 9 heteroatoms. The van der Waals surface area contributed by atoms with Crippen molar-refractivity contribution in [3.8, 4) is 0 Å². The van der Waals surface area contributed by atoms with E-state index < -0.39 is 29.9 Å². The van der Waals surface area contributed by atoms with Crippen molar-refractivity contribution in [3.63, 3.8) is 0 Å². The van der Waals surface area contributed by atoms with Gasteiger partial charge in [-0.1, -0.05) is 13.3 Å². The van der Waals surface area contributed by atoms with Crippen molar-refractivity contribution in [2.24, 2.45) is 0 Å². The van der Waals surface area contributed by atoms with Crippen LogP contribution in [0.15, 0.2) is 24.3 Å². The molecule has 0 aromatic heterocycles. The molecule has 9 nitrogen and oxygen atoms in total. The normalized spacial score (nSPS) is 12.4. The summed E-state index contributed by atoms with van der Waals surface area (Å²) in [6.07, 6.45) is 4.70. The summed E-state index contributed by atoms with van der Waals surface area (Å²) in [5, 5.41) is 19.5. The molecule has 0 saturated carbocycles. The number of hydrogen-bond acceptors (Lipinski definition) is 6. The Morgan fingerprint density at radius 3 is 2.23 bits per heavy atom. The number of amides is 1. The van der Waals surface area contributed by atoms with E-state index in [0.717, 1.165) is 37.6 Å². The van der Waals surface area contributed by atoms with E-state index in [1.165, 1.54) is 0 Å². The molecule has 0 spiro atoms. The van der Waals surface area contributed by atoms with Gasteiger partial charge >= 0.3 is 17.9 Å². The number of aliphatic carboxylic acids is 2. The van der Waals surface area contributed by atoms with Crippen molar-refractivity contribution in [2.75, 3.05) is 26.2 Å². The number of nitrogens with zero attached hydrogens (tertiary/aromatic N) is 1. The summed E-state index contributed by atoms with van der Waals surface area (Å²) >= 11 is 0. The molecule has 0 fully saturated rings. The molecular formula is C17H26N2O7. The van der Waals surface area contributed by atoms with Crippen LogP contribution in [-0.4, -0.2) is 71.2 Å². The molecule has 1 amide bonds. The Bertz CT molecular complexity index is 543. The molecule has 0 saturated heterocycles. The molecule has 0 bridgehead atoms. The van der Waals surface area contributed by atoms with E-state index in [1.54, 1.807) is 6.92 Å². The van der Waals surface area contributed by atoms with E-state index in [4.69, 9.17) is 14.9 Å². The highest BCUT2D eigenvalue weighted by Gasteiger charge is 2.13. The van der Waals surface area contributed by atoms with Gasteiger partial charge in [-0.25, -0.2) is 14.4 Å².